The number of hydrogen-bond acceptors (Lipinski definition) is 2. The Hall–Kier alpha value is -1.46. The number of hydrogen-bond donors (Lipinski definition) is 0. The van der Waals surface area contributed by atoms with Crippen molar-refractivity contribution in [3.8, 4) is 17.6 Å². The summed E-state index contributed by atoms with van der Waals surface area (Å²) >= 11 is 5.51. The fourth-order valence-corrected chi connectivity index (χ4v) is 1.31. The highest BCUT2D eigenvalue weighted by Gasteiger charge is 2.02. The van der Waals surface area contributed by atoms with Crippen molar-refractivity contribution in [3.63, 3.8) is 0 Å². The Balaban J connectivity index is 2.91. The van der Waals surface area contributed by atoms with Gasteiger partial charge in [0.1, 0.15) is 5.75 Å². The second-order valence-corrected chi connectivity index (χ2v) is 3.42. The lowest BCUT2D eigenvalue weighted by atomic mass is 10.1. The average Bonchev–Trinajstić information content (AvgIpc) is 2.31. The van der Waals surface area contributed by atoms with Crippen LogP contribution in [0.2, 0.25) is 0 Å². The lowest BCUT2D eigenvalue weighted by Gasteiger charge is -2.05. The molecule has 84 valence electrons. The zero-order valence-corrected chi connectivity index (χ0v) is 9.88. The van der Waals surface area contributed by atoms with Gasteiger partial charge in [-0.25, -0.2) is 0 Å². The van der Waals surface area contributed by atoms with Gasteiger partial charge in [-0.2, -0.15) is 0 Å². The fourth-order valence-electron chi connectivity index (χ4n) is 1.22. The summed E-state index contributed by atoms with van der Waals surface area (Å²) in [6, 6.07) is 5.32. The van der Waals surface area contributed by atoms with Crippen molar-refractivity contribution in [3.05, 3.63) is 29.3 Å². The molecule has 0 radical (unpaired) electrons. The summed E-state index contributed by atoms with van der Waals surface area (Å²) in [6.07, 6.45) is 1.42. The standard InChI is InChI=1S/C13H13ClO2/c1-2-16-13-7-6-11(5-3-4-8-14)9-12(13)10-15/h6-7,9-10H,2,4,8H2,1H3. The zero-order valence-electron chi connectivity index (χ0n) is 9.13. The Morgan fingerprint density at radius 1 is 1.50 bits per heavy atom. The number of carbonyl (C=O) groups excluding carboxylic acids is 1. The van der Waals surface area contributed by atoms with Crippen LogP contribution in [0.1, 0.15) is 29.3 Å². The average molecular weight is 237 g/mol. The minimum absolute atomic E-state index is 0.518. The molecule has 16 heavy (non-hydrogen) atoms. The van der Waals surface area contributed by atoms with E-state index in [0.717, 1.165) is 11.8 Å². The Kier molecular flexibility index (Phi) is 5.45. The molecule has 0 atom stereocenters. The predicted octanol–water partition coefficient (Wildman–Crippen LogP) is 2.88. The van der Waals surface area contributed by atoms with Gasteiger partial charge in [0, 0.05) is 17.9 Å². The van der Waals surface area contributed by atoms with E-state index in [2.05, 4.69) is 11.8 Å². The van der Waals surface area contributed by atoms with Crippen LogP contribution in [0.5, 0.6) is 5.75 Å². The first kappa shape index (κ1) is 12.6. The van der Waals surface area contributed by atoms with Gasteiger partial charge in [0.15, 0.2) is 6.29 Å². The summed E-state index contributed by atoms with van der Waals surface area (Å²) in [4.78, 5) is 10.8. The minimum atomic E-state index is 0.518. The number of aldehydes is 1. The number of alkyl halides is 1. The van der Waals surface area contributed by atoms with Crippen molar-refractivity contribution in [2.75, 3.05) is 12.5 Å². The van der Waals surface area contributed by atoms with Crippen LogP contribution in [0.4, 0.5) is 0 Å². The second-order valence-electron chi connectivity index (χ2n) is 3.04. The molecule has 2 nitrogen and oxygen atoms in total. The van der Waals surface area contributed by atoms with Gasteiger partial charge in [-0.05, 0) is 25.1 Å². The van der Waals surface area contributed by atoms with Crippen LogP contribution in [0.3, 0.4) is 0 Å². The summed E-state index contributed by atoms with van der Waals surface area (Å²) in [5.74, 6) is 6.97. The molecule has 0 spiro atoms. The van der Waals surface area contributed by atoms with Crippen LogP contribution in [0.15, 0.2) is 18.2 Å². The third-order valence-electron chi connectivity index (χ3n) is 1.89. The summed E-state index contributed by atoms with van der Waals surface area (Å²) in [6.45, 7) is 2.42. The quantitative estimate of drug-likeness (QED) is 0.457. The Labute approximate surface area is 101 Å². The number of halogens is 1. The summed E-state index contributed by atoms with van der Waals surface area (Å²) in [5, 5.41) is 0. The summed E-state index contributed by atoms with van der Waals surface area (Å²) in [5.41, 5.74) is 1.33. The lowest BCUT2D eigenvalue weighted by molar-refractivity contribution is 0.112. The van der Waals surface area contributed by atoms with Gasteiger partial charge in [-0.3, -0.25) is 4.79 Å². The van der Waals surface area contributed by atoms with Crippen molar-refractivity contribution in [2.45, 2.75) is 13.3 Å². The molecule has 0 heterocycles. The van der Waals surface area contributed by atoms with Crippen molar-refractivity contribution < 1.29 is 9.53 Å². The van der Waals surface area contributed by atoms with Crippen LogP contribution in [0.25, 0.3) is 0 Å². The maximum Gasteiger partial charge on any atom is 0.153 e. The van der Waals surface area contributed by atoms with E-state index in [1.54, 1.807) is 12.1 Å². The van der Waals surface area contributed by atoms with E-state index in [1.807, 2.05) is 13.0 Å². The van der Waals surface area contributed by atoms with Crippen molar-refractivity contribution in [1.29, 1.82) is 0 Å². The first-order valence-electron chi connectivity index (χ1n) is 5.08. The maximum atomic E-state index is 10.8. The van der Waals surface area contributed by atoms with E-state index in [4.69, 9.17) is 16.3 Å². The molecule has 0 fully saturated rings. The fraction of sp³-hybridized carbons (Fsp3) is 0.308. The van der Waals surface area contributed by atoms with Gasteiger partial charge in [0.2, 0.25) is 0 Å². The van der Waals surface area contributed by atoms with E-state index in [0.29, 0.717) is 30.2 Å². The van der Waals surface area contributed by atoms with Gasteiger partial charge in [-0.15, -0.1) is 11.6 Å². The molecular weight excluding hydrogens is 224 g/mol. The zero-order chi connectivity index (χ0) is 11.8. The molecule has 0 aliphatic heterocycles. The minimum Gasteiger partial charge on any atom is -0.493 e. The molecule has 0 unspecified atom stereocenters. The Bertz CT molecular complexity index is 416. The highest BCUT2D eigenvalue weighted by atomic mass is 35.5. The monoisotopic (exact) mass is 236 g/mol. The molecule has 0 bridgehead atoms. The van der Waals surface area contributed by atoms with Crippen molar-refractivity contribution >= 4 is 17.9 Å². The smallest absolute Gasteiger partial charge is 0.153 e. The first-order valence-corrected chi connectivity index (χ1v) is 5.62. The van der Waals surface area contributed by atoms with Gasteiger partial charge in [0.05, 0.1) is 12.2 Å². The summed E-state index contributed by atoms with van der Waals surface area (Å²) < 4.78 is 5.31. The van der Waals surface area contributed by atoms with Crippen LogP contribution >= 0.6 is 11.6 Å². The van der Waals surface area contributed by atoms with Crippen LogP contribution in [-0.2, 0) is 0 Å². The molecule has 1 rings (SSSR count). The summed E-state index contributed by atoms with van der Waals surface area (Å²) in [7, 11) is 0. The number of carbonyl (C=O) groups is 1. The molecule has 1 aromatic carbocycles. The van der Waals surface area contributed by atoms with Crippen LogP contribution in [-0.4, -0.2) is 18.8 Å². The maximum absolute atomic E-state index is 10.8. The first-order chi connectivity index (χ1) is 7.81. The largest absolute Gasteiger partial charge is 0.493 e. The molecule has 0 saturated heterocycles. The third-order valence-corrected chi connectivity index (χ3v) is 2.08. The molecule has 1 aromatic rings. The number of rotatable bonds is 4. The molecular formula is C13H13ClO2. The van der Waals surface area contributed by atoms with Crippen LogP contribution in [0, 0.1) is 11.8 Å². The van der Waals surface area contributed by atoms with E-state index in [9.17, 15) is 4.79 Å². The molecule has 0 N–H and O–H groups in total. The van der Waals surface area contributed by atoms with E-state index < -0.39 is 0 Å². The van der Waals surface area contributed by atoms with Gasteiger partial charge >= 0.3 is 0 Å². The molecule has 3 heteroatoms. The highest BCUT2D eigenvalue weighted by molar-refractivity contribution is 6.18. The Morgan fingerprint density at radius 3 is 2.94 bits per heavy atom. The van der Waals surface area contributed by atoms with E-state index >= 15 is 0 Å². The molecule has 0 aliphatic carbocycles. The molecule has 0 aliphatic rings. The van der Waals surface area contributed by atoms with Gasteiger partial charge in [0.25, 0.3) is 0 Å². The van der Waals surface area contributed by atoms with E-state index in [1.165, 1.54) is 0 Å². The topological polar surface area (TPSA) is 26.3 Å². The van der Waals surface area contributed by atoms with Crippen LogP contribution < -0.4 is 4.74 Å². The number of ether oxygens (including phenoxy) is 1. The third kappa shape index (κ3) is 3.60. The lowest BCUT2D eigenvalue weighted by Crippen LogP contribution is -1.96. The molecule has 0 amide bonds. The van der Waals surface area contributed by atoms with Gasteiger partial charge in [-0.1, -0.05) is 11.8 Å². The predicted molar refractivity (Wildman–Crippen MR) is 65.2 cm³/mol. The van der Waals surface area contributed by atoms with Crippen molar-refractivity contribution in [1.82, 2.24) is 0 Å². The Morgan fingerprint density at radius 2 is 2.31 bits per heavy atom. The highest BCUT2D eigenvalue weighted by Crippen LogP contribution is 2.17. The SMILES string of the molecule is CCOc1ccc(C#CCCCl)cc1C=O. The van der Waals surface area contributed by atoms with Crippen molar-refractivity contribution in [2.24, 2.45) is 0 Å². The molecule has 0 saturated carbocycles. The normalized spacial score (nSPS) is 9.12. The number of benzene rings is 1. The molecule has 0 aromatic heterocycles. The van der Waals surface area contributed by atoms with E-state index in [-0.39, 0.29) is 0 Å². The second kappa shape index (κ2) is 6.92. The van der Waals surface area contributed by atoms with Gasteiger partial charge < -0.3 is 4.74 Å².